The summed E-state index contributed by atoms with van der Waals surface area (Å²) >= 11 is 3.37. The van der Waals surface area contributed by atoms with Crippen LogP contribution >= 0.6 is 28.3 Å². The van der Waals surface area contributed by atoms with Crippen LogP contribution in [0.4, 0.5) is 0 Å². The first kappa shape index (κ1) is 18.2. The van der Waals surface area contributed by atoms with E-state index in [-0.39, 0.29) is 24.4 Å². The monoisotopic (exact) mass is 378 g/mol. The highest BCUT2D eigenvalue weighted by molar-refractivity contribution is 9.10. The maximum atomic E-state index is 12.1. The van der Waals surface area contributed by atoms with Crippen LogP contribution in [0.2, 0.25) is 0 Å². The van der Waals surface area contributed by atoms with Crippen molar-refractivity contribution in [3.05, 3.63) is 28.7 Å². The molecule has 1 aromatic carbocycles. The first-order valence-corrected chi connectivity index (χ1v) is 7.42. The molecule has 0 aliphatic carbocycles. The van der Waals surface area contributed by atoms with Crippen molar-refractivity contribution in [3.63, 3.8) is 0 Å². The Morgan fingerprint density at radius 2 is 2.19 bits per heavy atom. The smallest absolute Gasteiger partial charge is 0.252 e. The van der Waals surface area contributed by atoms with Crippen molar-refractivity contribution >= 4 is 34.2 Å². The summed E-state index contributed by atoms with van der Waals surface area (Å²) in [6.07, 6.45) is -0.374. The lowest BCUT2D eigenvalue weighted by molar-refractivity contribution is -0.144. The summed E-state index contributed by atoms with van der Waals surface area (Å²) in [5.41, 5.74) is 0. The average Bonchev–Trinajstić information content (AvgIpc) is 2.49. The number of likely N-dealkylation sites (N-methyl/N-ethyl adjacent to an activating group) is 1. The highest BCUT2D eigenvalue weighted by Crippen LogP contribution is 2.15. The van der Waals surface area contributed by atoms with Crippen molar-refractivity contribution in [1.82, 2.24) is 10.2 Å². The molecule has 7 heteroatoms. The van der Waals surface area contributed by atoms with E-state index in [0.717, 1.165) is 16.8 Å². The van der Waals surface area contributed by atoms with Crippen LogP contribution in [0.15, 0.2) is 28.7 Å². The maximum absolute atomic E-state index is 12.1. The van der Waals surface area contributed by atoms with E-state index in [1.165, 1.54) is 0 Å². The van der Waals surface area contributed by atoms with Gasteiger partial charge >= 0.3 is 0 Å². The number of amides is 1. The highest BCUT2D eigenvalue weighted by atomic mass is 79.9. The fraction of sp³-hybridized carbons (Fsp3) is 0.500. The molecule has 1 aliphatic heterocycles. The average molecular weight is 380 g/mol. The highest BCUT2D eigenvalue weighted by Gasteiger charge is 2.24. The summed E-state index contributed by atoms with van der Waals surface area (Å²) in [5.74, 6) is 0.793. The van der Waals surface area contributed by atoms with Crippen LogP contribution in [-0.2, 0) is 9.53 Å². The number of halogens is 2. The molecule has 1 atom stereocenters. The number of benzene rings is 1. The van der Waals surface area contributed by atoms with Gasteiger partial charge < -0.3 is 19.7 Å². The quantitative estimate of drug-likeness (QED) is 0.846. The lowest BCUT2D eigenvalue weighted by Gasteiger charge is -2.27. The number of rotatable bonds is 5. The van der Waals surface area contributed by atoms with Crippen molar-refractivity contribution in [3.8, 4) is 5.75 Å². The number of carbonyl (C=O) groups excluding carboxylic acids is 1. The molecule has 2 rings (SSSR count). The van der Waals surface area contributed by atoms with E-state index in [9.17, 15) is 4.79 Å². The van der Waals surface area contributed by atoms with E-state index >= 15 is 0 Å². The van der Waals surface area contributed by atoms with Gasteiger partial charge in [0.05, 0.1) is 13.2 Å². The van der Waals surface area contributed by atoms with Gasteiger partial charge in [0, 0.05) is 24.6 Å². The summed E-state index contributed by atoms with van der Waals surface area (Å²) in [4.78, 5) is 13.7. The minimum atomic E-state index is -0.374. The van der Waals surface area contributed by atoms with Gasteiger partial charge in [0.25, 0.3) is 5.91 Å². The lowest BCUT2D eigenvalue weighted by atomic mass is 10.2. The van der Waals surface area contributed by atoms with Gasteiger partial charge in [-0.15, -0.1) is 12.4 Å². The second kappa shape index (κ2) is 9.25. The second-order valence-corrected chi connectivity index (χ2v) is 5.54. The molecular weight excluding hydrogens is 360 g/mol. The van der Waals surface area contributed by atoms with Gasteiger partial charge in [0.1, 0.15) is 18.5 Å². The minimum Gasteiger partial charge on any atom is -0.492 e. The van der Waals surface area contributed by atoms with Crippen LogP contribution in [0.5, 0.6) is 5.75 Å². The van der Waals surface area contributed by atoms with E-state index < -0.39 is 0 Å². The molecule has 1 N–H and O–H groups in total. The number of carbonyl (C=O) groups is 1. The zero-order chi connectivity index (χ0) is 14.4. The zero-order valence-electron chi connectivity index (χ0n) is 11.9. The summed E-state index contributed by atoms with van der Waals surface area (Å²) in [7, 11) is 1.77. The molecule has 1 amide bonds. The van der Waals surface area contributed by atoms with Crippen LogP contribution in [0.1, 0.15) is 0 Å². The number of hydrogen-bond donors (Lipinski definition) is 1. The van der Waals surface area contributed by atoms with Crippen molar-refractivity contribution in [2.24, 2.45) is 0 Å². The normalized spacial score (nSPS) is 17.7. The Balaban J connectivity index is 0.00000220. The SMILES string of the molecule is CN(CCOc1ccc(Br)cc1)C(=O)C1CNCCO1.Cl. The molecule has 1 aromatic rings. The Morgan fingerprint density at radius 1 is 1.48 bits per heavy atom. The molecule has 0 radical (unpaired) electrons. The van der Waals surface area contributed by atoms with Gasteiger partial charge in [-0.3, -0.25) is 4.79 Å². The Labute approximate surface area is 139 Å². The van der Waals surface area contributed by atoms with Crippen LogP contribution in [0.3, 0.4) is 0 Å². The van der Waals surface area contributed by atoms with E-state index in [0.29, 0.717) is 26.3 Å². The molecule has 1 heterocycles. The van der Waals surface area contributed by atoms with Gasteiger partial charge in [0.2, 0.25) is 0 Å². The lowest BCUT2D eigenvalue weighted by Crippen LogP contribution is -2.49. The van der Waals surface area contributed by atoms with Gasteiger partial charge in [-0.05, 0) is 24.3 Å². The molecule has 1 saturated heterocycles. The van der Waals surface area contributed by atoms with Gasteiger partial charge in [-0.1, -0.05) is 15.9 Å². The fourth-order valence-electron chi connectivity index (χ4n) is 1.91. The molecule has 1 aliphatic rings. The molecule has 0 aromatic heterocycles. The summed E-state index contributed by atoms with van der Waals surface area (Å²) < 4.78 is 12.0. The van der Waals surface area contributed by atoms with Crippen LogP contribution < -0.4 is 10.1 Å². The maximum Gasteiger partial charge on any atom is 0.252 e. The fourth-order valence-corrected chi connectivity index (χ4v) is 2.18. The van der Waals surface area contributed by atoms with Gasteiger partial charge in [0.15, 0.2) is 0 Å². The Kier molecular flexibility index (Phi) is 8.03. The number of nitrogens with zero attached hydrogens (tertiary/aromatic N) is 1. The predicted molar refractivity (Wildman–Crippen MR) is 87.1 cm³/mol. The molecule has 0 spiro atoms. The molecule has 118 valence electrons. The largest absolute Gasteiger partial charge is 0.492 e. The van der Waals surface area contributed by atoms with Crippen molar-refractivity contribution in [1.29, 1.82) is 0 Å². The number of morpholine rings is 1. The van der Waals surface area contributed by atoms with Crippen LogP contribution in [0.25, 0.3) is 0 Å². The molecular formula is C14H20BrClN2O3. The van der Waals surface area contributed by atoms with Crippen LogP contribution in [0, 0.1) is 0 Å². The molecule has 1 unspecified atom stereocenters. The summed E-state index contributed by atoms with van der Waals surface area (Å²) in [5, 5.41) is 3.15. The van der Waals surface area contributed by atoms with Crippen LogP contribution in [-0.4, -0.2) is 56.8 Å². The molecule has 0 saturated carbocycles. The molecule has 1 fully saturated rings. The van der Waals surface area contributed by atoms with E-state index in [4.69, 9.17) is 9.47 Å². The predicted octanol–water partition coefficient (Wildman–Crippen LogP) is 1.70. The third kappa shape index (κ3) is 5.82. The van der Waals surface area contributed by atoms with Crippen molar-refractivity contribution in [2.75, 3.05) is 39.9 Å². The van der Waals surface area contributed by atoms with Crippen molar-refractivity contribution in [2.45, 2.75) is 6.10 Å². The number of hydrogen-bond acceptors (Lipinski definition) is 4. The number of ether oxygens (including phenoxy) is 2. The standard InChI is InChI=1S/C14H19BrN2O3.ClH/c1-17(14(18)13-10-16-6-8-20-13)7-9-19-12-4-2-11(15)3-5-12;/h2-5,13,16H,6-10H2,1H3;1H. The van der Waals surface area contributed by atoms with Crippen molar-refractivity contribution < 1.29 is 14.3 Å². The Hall–Kier alpha value is -0.820. The molecule has 5 nitrogen and oxygen atoms in total. The first-order valence-electron chi connectivity index (χ1n) is 6.62. The second-order valence-electron chi connectivity index (χ2n) is 4.63. The summed E-state index contributed by atoms with van der Waals surface area (Å²) in [6, 6.07) is 7.62. The Bertz CT molecular complexity index is 438. The van der Waals surface area contributed by atoms with E-state index in [1.54, 1.807) is 11.9 Å². The van der Waals surface area contributed by atoms with Gasteiger partial charge in [-0.2, -0.15) is 0 Å². The first-order chi connectivity index (χ1) is 9.66. The third-order valence-electron chi connectivity index (χ3n) is 3.09. The molecule has 21 heavy (non-hydrogen) atoms. The third-order valence-corrected chi connectivity index (χ3v) is 3.62. The number of nitrogens with one attached hydrogen (secondary N) is 1. The topological polar surface area (TPSA) is 50.8 Å². The summed E-state index contributed by atoms with van der Waals surface area (Å²) in [6.45, 7) is 2.97. The Morgan fingerprint density at radius 3 is 2.81 bits per heavy atom. The minimum absolute atomic E-state index is 0. The zero-order valence-corrected chi connectivity index (χ0v) is 14.3. The van der Waals surface area contributed by atoms with E-state index in [2.05, 4.69) is 21.2 Å². The van der Waals surface area contributed by atoms with Gasteiger partial charge in [-0.25, -0.2) is 0 Å². The van der Waals surface area contributed by atoms with E-state index in [1.807, 2.05) is 24.3 Å². The molecule has 0 bridgehead atoms.